The smallest absolute Gasteiger partial charge is 0.256 e. The van der Waals surface area contributed by atoms with Crippen LogP contribution in [0.2, 0.25) is 10.0 Å². The van der Waals surface area contributed by atoms with E-state index >= 15 is 0 Å². The predicted molar refractivity (Wildman–Crippen MR) is 108 cm³/mol. The lowest BCUT2D eigenvalue weighted by Gasteiger charge is -2.33. The van der Waals surface area contributed by atoms with Gasteiger partial charge in [0, 0.05) is 13.1 Å². The zero-order chi connectivity index (χ0) is 19.6. The van der Waals surface area contributed by atoms with Crippen molar-refractivity contribution in [1.29, 1.82) is 0 Å². The van der Waals surface area contributed by atoms with Gasteiger partial charge in [0.2, 0.25) is 5.91 Å². The minimum Gasteiger partial charge on any atom is -0.274 e. The lowest BCUT2D eigenvalue weighted by molar-refractivity contribution is -0.131. The molecule has 2 aromatic rings. The summed E-state index contributed by atoms with van der Waals surface area (Å²) in [7, 11) is 0. The van der Waals surface area contributed by atoms with Crippen LogP contribution < -0.4 is 4.90 Å². The molecule has 3 heterocycles. The second-order valence-electron chi connectivity index (χ2n) is 7.70. The molecule has 28 heavy (non-hydrogen) atoms. The Morgan fingerprint density at radius 2 is 1.75 bits per heavy atom. The van der Waals surface area contributed by atoms with Gasteiger partial charge in [-0.2, -0.15) is 0 Å². The summed E-state index contributed by atoms with van der Waals surface area (Å²) in [6, 6.07) is 14.7. The zero-order valence-corrected chi connectivity index (χ0v) is 16.8. The van der Waals surface area contributed by atoms with Crippen molar-refractivity contribution < 1.29 is 9.59 Å². The first-order valence-corrected chi connectivity index (χ1v) is 10.1. The molecule has 3 atom stereocenters. The molecule has 5 nitrogen and oxygen atoms in total. The first kappa shape index (κ1) is 18.1. The summed E-state index contributed by atoms with van der Waals surface area (Å²) < 4.78 is 0. The molecule has 3 aliphatic heterocycles. The molecule has 0 bridgehead atoms. The highest BCUT2D eigenvalue weighted by Gasteiger charge is 2.70. The maximum absolute atomic E-state index is 13.6. The third kappa shape index (κ3) is 2.28. The Hall–Kier alpha value is -1.92. The highest BCUT2D eigenvalue weighted by molar-refractivity contribution is 6.42. The molecule has 0 aromatic heterocycles. The van der Waals surface area contributed by atoms with Gasteiger partial charge in [-0.1, -0.05) is 53.5 Å². The summed E-state index contributed by atoms with van der Waals surface area (Å²) in [4.78, 5) is 28.5. The van der Waals surface area contributed by atoms with E-state index in [1.165, 1.54) is 4.90 Å². The van der Waals surface area contributed by atoms with Crippen molar-refractivity contribution >= 4 is 40.7 Å². The van der Waals surface area contributed by atoms with Crippen molar-refractivity contribution in [2.45, 2.75) is 24.9 Å². The summed E-state index contributed by atoms with van der Waals surface area (Å²) in [5.41, 5.74) is 0.623. The second-order valence-corrected chi connectivity index (χ2v) is 8.51. The first-order valence-electron chi connectivity index (χ1n) is 9.37. The van der Waals surface area contributed by atoms with Gasteiger partial charge >= 0.3 is 0 Å². The van der Waals surface area contributed by atoms with E-state index in [2.05, 4.69) is 10.0 Å². The van der Waals surface area contributed by atoms with Crippen LogP contribution in [0.3, 0.4) is 0 Å². The number of benzene rings is 2. The number of nitrogens with zero attached hydrogens (tertiary/aromatic N) is 3. The molecule has 3 aliphatic rings. The third-order valence-electron chi connectivity index (χ3n) is 6.27. The number of hydrogen-bond donors (Lipinski definition) is 0. The maximum Gasteiger partial charge on any atom is 0.256 e. The van der Waals surface area contributed by atoms with Gasteiger partial charge in [0.15, 0.2) is 0 Å². The van der Waals surface area contributed by atoms with Crippen LogP contribution in [-0.2, 0) is 9.59 Å². The molecule has 3 saturated heterocycles. The predicted octanol–water partition coefficient (Wildman–Crippen LogP) is 3.92. The van der Waals surface area contributed by atoms with Gasteiger partial charge in [-0.3, -0.25) is 9.59 Å². The molecular formula is C21H19Cl2N3O2. The summed E-state index contributed by atoms with van der Waals surface area (Å²) >= 11 is 12.2. The number of amides is 2. The Kier molecular flexibility index (Phi) is 4.07. The Morgan fingerprint density at radius 1 is 1.00 bits per heavy atom. The molecular weight excluding hydrogens is 397 g/mol. The van der Waals surface area contributed by atoms with Crippen molar-refractivity contribution in [2.24, 2.45) is 5.92 Å². The number of hydrazine groups is 1. The van der Waals surface area contributed by atoms with Crippen LogP contribution in [0.15, 0.2) is 48.5 Å². The summed E-state index contributed by atoms with van der Waals surface area (Å²) in [5.74, 6) is -0.863. The van der Waals surface area contributed by atoms with E-state index in [-0.39, 0.29) is 17.9 Å². The van der Waals surface area contributed by atoms with Gasteiger partial charge in [-0.05, 0) is 37.1 Å². The number of halogens is 2. The number of imide groups is 1. The number of rotatable bonds is 2. The van der Waals surface area contributed by atoms with E-state index in [4.69, 9.17) is 23.2 Å². The van der Waals surface area contributed by atoms with Crippen LogP contribution in [0.25, 0.3) is 0 Å². The van der Waals surface area contributed by atoms with Gasteiger partial charge in [0.05, 0.1) is 27.7 Å². The molecule has 2 amide bonds. The molecule has 0 N–H and O–H groups in total. The Bertz CT molecular complexity index is 983. The van der Waals surface area contributed by atoms with Gasteiger partial charge in [0.25, 0.3) is 5.91 Å². The Labute approximate surface area is 173 Å². The molecule has 5 rings (SSSR count). The monoisotopic (exact) mass is 415 g/mol. The molecule has 2 aromatic carbocycles. The van der Waals surface area contributed by atoms with Crippen molar-refractivity contribution in [3.63, 3.8) is 0 Å². The van der Waals surface area contributed by atoms with E-state index in [0.29, 0.717) is 15.7 Å². The van der Waals surface area contributed by atoms with Crippen LogP contribution in [0, 0.1) is 5.92 Å². The van der Waals surface area contributed by atoms with Crippen LogP contribution in [0.5, 0.6) is 0 Å². The van der Waals surface area contributed by atoms with Crippen LogP contribution >= 0.6 is 23.2 Å². The second kappa shape index (κ2) is 6.29. The average Bonchev–Trinajstić information content (AvgIpc) is 3.31. The topological polar surface area (TPSA) is 43.9 Å². The number of anilines is 1. The zero-order valence-electron chi connectivity index (χ0n) is 15.3. The van der Waals surface area contributed by atoms with Crippen molar-refractivity contribution in [1.82, 2.24) is 10.0 Å². The van der Waals surface area contributed by atoms with E-state index in [9.17, 15) is 9.59 Å². The fourth-order valence-electron chi connectivity index (χ4n) is 5.03. The molecule has 0 unspecified atom stereocenters. The summed E-state index contributed by atoms with van der Waals surface area (Å²) in [6.45, 7) is 3.51. The van der Waals surface area contributed by atoms with Gasteiger partial charge in [-0.15, -0.1) is 0 Å². The summed E-state index contributed by atoms with van der Waals surface area (Å²) in [6.07, 6.45) is 0.972. The highest BCUT2D eigenvalue weighted by Crippen LogP contribution is 2.54. The van der Waals surface area contributed by atoms with Gasteiger partial charge in [-0.25, -0.2) is 14.9 Å². The molecule has 144 valence electrons. The molecule has 0 aliphatic carbocycles. The third-order valence-corrected chi connectivity index (χ3v) is 7.01. The van der Waals surface area contributed by atoms with Crippen molar-refractivity contribution in [3.8, 4) is 0 Å². The maximum atomic E-state index is 13.6. The lowest BCUT2D eigenvalue weighted by atomic mass is 9.81. The fourth-order valence-corrected chi connectivity index (χ4v) is 5.32. The standard InChI is InChI=1S/C21H19Cl2N3O2/c1-21-17(18(13-6-3-2-4-7-13)24-10-5-11-25(21)24)19(27)26(20(21)28)14-8-9-15(22)16(23)12-14/h2-4,6-9,12,17-18H,5,10-11H2,1H3/t17-,18-,21-/m1/s1. The number of hydrogen-bond acceptors (Lipinski definition) is 4. The van der Waals surface area contributed by atoms with Crippen LogP contribution in [0.1, 0.15) is 24.9 Å². The van der Waals surface area contributed by atoms with Crippen molar-refractivity contribution in [3.05, 3.63) is 64.1 Å². The first-order chi connectivity index (χ1) is 13.4. The molecule has 3 fully saturated rings. The van der Waals surface area contributed by atoms with E-state index in [1.807, 2.05) is 37.3 Å². The average molecular weight is 416 g/mol. The Balaban J connectivity index is 1.64. The van der Waals surface area contributed by atoms with Gasteiger partial charge in [0.1, 0.15) is 5.54 Å². The number of carbonyl (C=O) groups excluding carboxylic acids is 2. The minimum atomic E-state index is -0.903. The van der Waals surface area contributed by atoms with Crippen molar-refractivity contribution in [2.75, 3.05) is 18.0 Å². The quantitative estimate of drug-likeness (QED) is 0.697. The minimum absolute atomic E-state index is 0.155. The largest absolute Gasteiger partial charge is 0.274 e. The lowest BCUT2D eigenvalue weighted by Crippen LogP contribution is -2.52. The molecule has 0 spiro atoms. The van der Waals surface area contributed by atoms with Gasteiger partial charge < -0.3 is 0 Å². The highest BCUT2D eigenvalue weighted by atomic mass is 35.5. The van der Waals surface area contributed by atoms with E-state index < -0.39 is 11.5 Å². The number of carbonyl (C=O) groups is 2. The fraction of sp³-hybridized carbons (Fsp3) is 0.333. The van der Waals surface area contributed by atoms with E-state index in [0.717, 1.165) is 25.1 Å². The number of fused-ring (bicyclic) bond motifs is 3. The van der Waals surface area contributed by atoms with Crippen LogP contribution in [-0.4, -0.2) is 40.5 Å². The Morgan fingerprint density at radius 3 is 2.46 bits per heavy atom. The molecule has 0 saturated carbocycles. The normalized spacial score (nSPS) is 30.2. The molecule has 7 heteroatoms. The SMILES string of the molecule is C[C@]12C(=O)N(c3ccc(Cl)c(Cl)c3)C(=O)[C@H]1[C@@H](c1ccccc1)N1CCCN12. The van der Waals surface area contributed by atoms with E-state index in [1.54, 1.807) is 18.2 Å². The summed E-state index contributed by atoms with van der Waals surface area (Å²) in [5, 5.41) is 5.03. The molecule has 0 radical (unpaired) electrons. The van der Waals surface area contributed by atoms with Crippen LogP contribution in [0.4, 0.5) is 5.69 Å².